The fraction of sp³-hybridized carbons (Fsp3) is 0.385. The van der Waals surface area contributed by atoms with Crippen LogP contribution in [0.4, 0.5) is 26.2 Å². The fourth-order valence-corrected chi connectivity index (χ4v) is 4.51. The molecule has 0 radical (unpaired) electrons. The summed E-state index contributed by atoms with van der Waals surface area (Å²) in [6, 6.07) is 6.85. The van der Waals surface area contributed by atoms with Crippen LogP contribution in [0.1, 0.15) is 22.8 Å². The molecule has 14 nitrogen and oxygen atoms in total. The zero-order valence-corrected chi connectivity index (χ0v) is 22.4. The monoisotopic (exact) mass is 569 g/mol. The van der Waals surface area contributed by atoms with E-state index in [0.717, 1.165) is 6.07 Å². The summed E-state index contributed by atoms with van der Waals surface area (Å²) < 4.78 is 25.4. The largest absolute Gasteiger partial charge is 0.507 e. The Morgan fingerprint density at radius 3 is 2.61 bits per heavy atom. The zero-order valence-electron chi connectivity index (χ0n) is 22.4. The van der Waals surface area contributed by atoms with E-state index in [2.05, 4.69) is 15.3 Å². The van der Waals surface area contributed by atoms with Crippen molar-refractivity contribution in [3.63, 3.8) is 0 Å². The number of ether oxygens (including phenoxy) is 2. The number of hydrogen-bond donors (Lipinski definition) is 2. The van der Waals surface area contributed by atoms with Gasteiger partial charge >= 0.3 is 12.1 Å². The fourth-order valence-electron chi connectivity index (χ4n) is 4.51. The molecule has 15 heteroatoms. The van der Waals surface area contributed by atoms with Crippen LogP contribution in [0.5, 0.6) is 5.75 Å². The summed E-state index contributed by atoms with van der Waals surface area (Å²) in [5.74, 6) is -2.59. The molecule has 2 N–H and O–H groups in total. The first-order chi connectivity index (χ1) is 19.6. The highest BCUT2D eigenvalue weighted by Gasteiger charge is 2.33. The summed E-state index contributed by atoms with van der Waals surface area (Å²) >= 11 is 0. The van der Waals surface area contributed by atoms with Crippen LogP contribution in [0.2, 0.25) is 0 Å². The van der Waals surface area contributed by atoms with E-state index < -0.39 is 42.2 Å². The number of azide groups is 1. The number of carbonyl (C=O) groups is 4. The molecule has 2 aromatic rings. The maximum absolute atomic E-state index is 15.1. The predicted octanol–water partition coefficient (Wildman–Crippen LogP) is 2.75. The van der Waals surface area contributed by atoms with Gasteiger partial charge in [0.2, 0.25) is 5.91 Å². The number of halogens is 1. The first-order valence-electron chi connectivity index (χ1n) is 12.7. The molecule has 2 aromatic carbocycles. The number of hydrogen-bond acceptors (Lipinski definition) is 9. The van der Waals surface area contributed by atoms with E-state index in [-0.39, 0.29) is 43.3 Å². The quantitative estimate of drug-likeness (QED) is 0.211. The smallest absolute Gasteiger partial charge is 0.414 e. The number of nitrogens with zero attached hydrogens (tertiary/aromatic N) is 6. The van der Waals surface area contributed by atoms with Gasteiger partial charge in [0.1, 0.15) is 23.2 Å². The topological polar surface area (TPSA) is 177 Å². The highest BCUT2D eigenvalue weighted by Crippen LogP contribution is 2.30. The van der Waals surface area contributed by atoms with E-state index in [1.54, 1.807) is 24.0 Å². The summed E-state index contributed by atoms with van der Waals surface area (Å²) in [6.45, 7) is 3.89. The summed E-state index contributed by atoms with van der Waals surface area (Å²) in [5, 5.41) is 16.1. The van der Waals surface area contributed by atoms with Gasteiger partial charge in [-0.3, -0.25) is 14.5 Å². The van der Waals surface area contributed by atoms with Gasteiger partial charge in [0.05, 0.1) is 24.5 Å². The second-order valence-corrected chi connectivity index (χ2v) is 9.48. The number of benzene rings is 2. The van der Waals surface area contributed by atoms with Gasteiger partial charge in [0.15, 0.2) is 6.61 Å². The second-order valence-electron chi connectivity index (χ2n) is 9.48. The summed E-state index contributed by atoms with van der Waals surface area (Å²) in [5.41, 5.74) is 9.64. The van der Waals surface area contributed by atoms with Crippen molar-refractivity contribution in [3.8, 4) is 5.75 Å². The van der Waals surface area contributed by atoms with Gasteiger partial charge < -0.3 is 29.7 Å². The first kappa shape index (κ1) is 29.0. The molecule has 0 saturated carbocycles. The molecule has 3 amide bonds. The van der Waals surface area contributed by atoms with Crippen molar-refractivity contribution in [2.45, 2.75) is 20.0 Å². The van der Waals surface area contributed by atoms with Crippen molar-refractivity contribution in [2.75, 3.05) is 55.7 Å². The van der Waals surface area contributed by atoms with Crippen LogP contribution >= 0.6 is 0 Å². The lowest BCUT2D eigenvalue weighted by Crippen LogP contribution is -2.50. The van der Waals surface area contributed by atoms with E-state index in [9.17, 15) is 24.3 Å². The summed E-state index contributed by atoms with van der Waals surface area (Å²) in [7, 11) is 0. The van der Waals surface area contributed by atoms with Gasteiger partial charge in [-0.25, -0.2) is 14.0 Å². The third kappa shape index (κ3) is 6.76. The molecule has 0 spiro atoms. The molecular weight excluding hydrogens is 541 g/mol. The Hall–Kier alpha value is -5.04. The minimum atomic E-state index is -0.907. The number of piperazine rings is 1. The number of amides is 3. The van der Waals surface area contributed by atoms with E-state index in [4.69, 9.17) is 15.0 Å². The SMILES string of the molecule is CC(=O)NC[C@H]1CN(c2ccc(N3CCN(C(=O)COC(=O)c4cc(C)c(N=[N+]=[N-])cc4O)CC3)c(F)c2)C(=O)O1. The van der Waals surface area contributed by atoms with Gasteiger partial charge in [0.25, 0.3) is 5.91 Å². The number of cyclic esters (lactones) is 1. The molecule has 2 heterocycles. The molecule has 0 unspecified atom stereocenters. The van der Waals surface area contributed by atoms with Crippen LogP contribution in [-0.4, -0.2) is 85.9 Å². The average Bonchev–Trinajstić information content (AvgIpc) is 3.32. The Bertz CT molecular complexity index is 1420. The Labute approximate surface area is 233 Å². The maximum Gasteiger partial charge on any atom is 0.414 e. The van der Waals surface area contributed by atoms with Crippen LogP contribution in [0.25, 0.3) is 10.4 Å². The maximum atomic E-state index is 15.1. The highest BCUT2D eigenvalue weighted by atomic mass is 19.1. The number of aromatic hydroxyl groups is 1. The number of aryl methyl sites for hydroxylation is 1. The number of esters is 1. The zero-order chi connectivity index (χ0) is 29.7. The minimum absolute atomic E-state index is 0.160. The van der Waals surface area contributed by atoms with Gasteiger partial charge in [-0.05, 0) is 48.4 Å². The van der Waals surface area contributed by atoms with Crippen molar-refractivity contribution < 1.29 is 38.1 Å². The van der Waals surface area contributed by atoms with Crippen molar-refractivity contribution >= 4 is 40.9 Å². The molecule has 2 aliphatic rings. The number of phenols is 1. The third-order valence-electron chi connectivity index (χ3n) is 6.68. The van der Waals surface area contributed by atoms with E-state index in [1.165, 1.54) is 28.9 Å². The number of carbonyl (C=O) groups excluding carboxylic acids is 4. The number of rotatable bonds is 8. The number of anilines is 2. The molecular formula is C26H28FN7O7. The Morgan fingerprint density at radius 1 is 1.22 bits per heavy atom. The van der Waals surface area contributed by atoms with Crippen molar-refractivity contribution in [3.05, 3.63) is 57.7 Å². The highest BCUT2D eigenvalue weighted by molar-refractivity contribution is 5.95. The molecule has 0 bridgehead atoms. The van der Waals surface area contributed by atoms with Crippen LogP contribution in [0, 0.1) is 12.7 Å². The lowest BCUT2D eigenvalue weighted by molar-refractivity contribution is -0.134. The summed E-state index contributed by atoms with van der Waals surface area (Å²) in [4.78, 5) is 55.6. The van der Waals surface area contributed by atoms with Crippen molar-refractivity contribution in [2.24, 2.45) is 5.11 Å². The molecule has 2 saturated heterocycles. The van der Waals surface area contributed by atoms with Crippen molar-refractivity contribution in [1.82, 2.24) is 10.2 Å². The average molecular weight is 570 g/mol. The predicted molar refractivity (Wildman–Crippen MR) is 143 cm³/mol. The van der Waals surface area contributed by atoms with Gasteiger partial charge in [0, 0.05) is 43.7 Å². The van der Waals surface area contributed by atoms with Crippen LogP contribution < -0.4 is 15.1 Å². The van der Waals surface area contributed by atoms with Gasteiger partial charge in [-0.2, -0.15) is 0 Å². The van der Waals surface area contributed by atoms with E-state index in [1.807, 2.05) is 0 Å². The Balaban J connectivity index is 1.29. The molecule has 2 fully saturated rings. The van der Waals surface area contributed by atoms with E-state index in [0.29, 0.717) is 30.0 Å². The first-order valence-corrected chi connectivity index (χ1v) is 12.7. The second kappa shape index (κ2) is 12.4. The lowest BCUT2D eigenvalue weighted by Gasteiger charge is -2.36. The molecule has 41 heavy (non-hydrogen) atoms. The summed E-state index contributed by atoms with van der Waals surface area (Å²) in [6.07, 6.45) is -1.17. The molecule has 0 aromatic heterocycles. The third-order valence-corrected chi connectivity index (χ3v) is 6.68. The standard InChI is InChI=1S/C26H28FN7O7/c1-15-9-19(23(36)11-21(15)30-31-28)25(38)40-14-24(37)33-7-5-32(6-8-33)22-4-3-17(10-20(22)27)34-13-18(41-26(34)39)12-29-16(2)35/h3-4,9-11,18,36H,5-8,12-14H2,1-2H3,(H,29,35)/t18-/m0/s1. The normalized spacial score (nSPS) is 16.6. The van der Waals surface area contributed by atoms with Crippen LogP contribution in [-0.2, 0) is 19.1 Å². The molecule has 1 atom stereocenters. The van der Waals surface area contributed by atoms with E-state index >= 15 is 4.39 Å². The molecule has 2 aliphatic heterocycles. The molecule has 4 rings (SSSR count). The molecule has 0 aliphatic carbocycles. The Morgan fingerprint density at radius 2 is 1.95 bits per heavy atom. The number of phenolic OH excluding ortho intramolecular Hbond substituents is 1. The number of nitrogens with one attached hydrogen (secondary N) is 1. The minimum Gasteiger partial charge on any atom is -0.507 e. The van der Waals surface area contributed by atoms with Gasteiger partial charge in [-0.15, -0.1) is 0 Å². The lowest BCUT2D eigenvalue weighted by atomic mass is 10.1. The van der Waals surface area contributed by atoms with Crippen molar-refractivity contribution in [1.29, 1.82) is 0 Å². The Kier molecular flexibility index (Phi) is 8.78. The van der Waals surface area contributed by atoms with Crippen LogP contribution in [0.15, 0.2) is 35.4 Å². The van der Waals surface area contributed by atoms with Gasteiger partial charge in [-0.1, -0.05) is 5.11 Å². The molecule has 216 valence electrons. The van der Waals surface area contributed by atoms with Crippen LogP contribution in [0.3, 0.4) is 0 Å².